The number of hydrogen-bond acceptors (Lipinski definition) is 0. The molecule has 0 unspecified atom stereocenters. The Balaban J connectivity index is 2.07. The molecule has 0 amide bonds. The first kappa shape index (κ1) is 11.4. The smallest absolute Gasteiger partial charge is 0.139 e. The average Bonchev–Trinajstić information content (AvgIpc) is 2.87. The summed E-state index contributed by atoms with van der Waals surface area (Å²) in [6.45, 7) is 0. The Bertz CT molecular complexity index is 904. The van der Waals surface area contributed by atoms with Crippen molar-refractivity contribution in [1.82, 2.24) is 4.98 Å². The predicted octanol–water partition coefficient (Wildman–Crippen LogP) is 3.25. The minimum absolute atomic E-state index is 1.20. The van der Waals surface area contributed by atoms with Crippen LogP contribution in [-0.2, 0) is 0 Å². The van der Waals surface area contributed by atoms with Gasteiger partial charge in [0.2, 0.25) is 0 Å². The largest absolute Gasteiger partial charge is 0.354 e. The van der Waals surface area contributed by atoms with Gasteiger partial charge in [0.1, 0.15) is 7.85 Å². The van der Waals surface area contributed by atoms with Gasteiger partial charge in [-0.25, -0.2) is 0 Å². The molecular weight excluding hydrogens is 241 g/mol. The number of nitrogens with one attached hydrogen (secondary N) is 1. The van der Waals surface area contributed by atoms with Crippen LogP contribution >= 0.6 is 0 Å². The Morgan fingerprint density at radius 3 is 2.30 bits per heavy atom. The van der Waals surface area contributed by atoms with Crippen LogP contribution in [0.15, 0.2) is 66.7 Å². The van der Waals surface area contributed by atoms with Gasteiger partial charge in [-0.3, -0.25) is 0 Å². The molecule has 3 aromatic carbocycles. The van der Waals surface area contributed by atoms with Gasteiger partial charge in [-0.2, -0.15) is 0 Å². The van der Waals surface area contributed by atoms with E-state index >= 15 is 0 Å². The Morgan fingerprint density at radius 2 is 1.45 bits per heavy atom. The molecule has 0 atom stereocenters. The maximum Gasteiger partial charge on any atom is 0.139 e. The van der Waals surface area contributed by atoms with Gasteiger partial charge in [-0.05, 0) is 11.6 Å². The van der Waals surface area contributed by atoms with E-state index in [1.54, 1.807) is 0 Å². The molecule has 1 N–H and O–H groups in total. The van der Waals surface area contributed by atoms with Crippen molar-refractivity contribution in [2.45, 2.75) is 0 Å². The molecule has 0 spiro atoms. The van der Waals surface area contributed by atoms with E-state index in [4.69, 9.17) is 0 Å². The predicted molar refractivity (Wildman–Crippen MR) is 89.4 cm³/mol. The van der Waals surface area contributed by atoms with Crippen molar-refractivity contribution in [2.75, 3.05) is 0 Å². The highest BCUT2D eigenvalue weighted by Gasteiger charge is 2.08. The van der Waals surface area contributed by atoms with Crippen LogP contribution < -0.4 is 5.46 Å². The summed E-state index contributed by atoms with van der Waals surface area (Å²) < 4.78 is 0. The standard InChI is InChI=1S/C18H14BN/c19-13-10-8-12(9-11-13)14-5-3-6-16-15-4-1-2-7-17(15)20-18(14)16/h1-11,20H,19H2. The molecule has 0 saturated carbocycles. The summed E-state index contributed by atoms with van der Waals surface area (Å²) >= 11 is 0. The number of benzene rings is 3. The molecule has 0 aliphatic heterocycles. The third-order valence-corrected chi connectivity index (χ3v) is 3.90. The van der Waals surface area contributed by atoms with Gasteiger partial charge in [0.15, 0.2) is 0 Å². The first-order valence-corrected chi connectivity index (χ1v) is 6.89. The third-order valence-electron chi connectivity index (χ3n) is 3.90. The molecule has 0 radical (unpaired) electrons. The van der Waals surface area contributed by atoms with E-state index in [0.29, 0.717) is 0 Å². The summed E-state index contributed by atoms with van der Waals surface area (Å²) in [7, 11) is 2.12. The second-order valence-corrected chi connectivity index (χ2v) is 5.26. The quantitative estimate of drug-likeness (QED) is 0.502. The average molecular weight is 255 g/mol. The van der Waals surface area contributed by atoms with Crippen LogP contribution in [0.1, 0.15) is 0 Å². The topological polar surface area (TPSA) is 15.8 Å². The Morgan fingerprint density at radius 1 is 0.700 bits per heavy atom. The minimum Gasteiger partial charge on any atom is -0.354 e. The lowest BCUT2D eigenvalue weighted by Gasteiger charge is -2.04. The van der Waals surface area contributed by atoms with E-state index in [-0.39, 0.29) is 0 Å². The number of aromatic amines is 1. The van der Waals surface area contributed by atoms with Crippen LogP contribution in [0.5, 0.6) is 0 Å². The van der Waals surface area contributed by atoms with Gasteiger partial charge in [-0.15, -0.1) is 0 Å². The lowest BCUT2D eigenvalue weighted by atomic mass is 9.93. The van der Waals surface area contributed by atoms with Crippen LogP contribution in [-0.4, -0.2) is 12.8 Å². The highest BCUT2D eigenvalue weighted by atomic mass is 14.7. The lowest BCUT2D eigenvalue weighted by Crippen LogP contribution is -1.99. The van der Waals surface area contributed by atoms with Crippen LogP contribution in [0.4, 0.5) is 0 Å². The van der Waals surface area contributed by atoms with Gasteiger partial charge in [-0.1, -0.05) is 66.1 Å². The van der Waals surface area contributed by atoms with E-state index in [0.717, 1.165) is 0 Å². The molecule has 20 heavy (non-hydrogen) atoms. The lowest BCUT2D eigenvalue weighted by molar-refractivity contribution is 1.54. The maximum atomic E-state index is 3.56. The fourth-order valence-corrected chi connectivity index (χ4v) is 2.85. The molecule has 94 valence electrons. The summed E-state index contributed by atoms with van der Waals surface area (Å²) in [5.74, 6) is 0. The van der Waals surface area contributed by atoms with Gasteiger partial charge in [0, 0.05) is 21.9 Å². The van der Waals surface area contributed by atoms with Crippen molar-refractivity contribution in [3.8, 4) is 11.1 Å². The second-order valence-electron chi connectivity index (χ2n) is 5.26. The first-order valence-electron chi connectivity index (χ1n) is 6.89. The van der Waals surface area contributed by atoms with E-state index < -0.39 is 0 Å². The van der Waals surface area contributed by atoms with Gasteiger partial charge >= 0.3 is 0 Å². The number of fused-ring (bicyclic) bond motifs is 3. The molecule has 1 nitrogen and oxygen atoms in total. The molecule has 0 aliphatic rings. The molecule has 4 rings (SSSR count). The summed E-state index contributed by atoms with van der Waals surface area (Å²) in [6.07, 6.45) is 0. The zero-order valence-corrected chi connectivity index (χ0v) is 11.4. The SMILES string of the molecule is Bc1ccc(-c2cccc3c2[nH]c2ccccc23)cc1. The second kappa shape index (κ2) is 4.27. The summed E-state index contributed by atoms with van der Waals surface area (Å²) in [5.41, 5.74) is 6.23. The van der Waals surface area contributed by atoms with Gasteiger partial charge in [0.05, 0.1) is 5.52 Å². The van der Waals surface area contributed by atoms with Crippen LogP contribution in [0.25, 0.3) is 32.9 Å². The van der Waals surface area contributed by atoms with E-state index in [2.05, 4.69) is 79.6 Å². The Kier molecular flexibility index (Phi) is 2.43. The van der Waals surface area contributed by atoms with Crippen LogP contribution in [0, 0.1) is 0 Å². The highest BCUT2D eigenvalue weighted by Crippen LogP contribution is 2.32. The zero-order chi connectivity index (χ0) is 13.5. The number of hydrogen-bond donors (Lipinski definition) is 1. The van der Waals surface area contributed by atoms with Crippen molar-refractivity contribution < 1.29 is 0 Å². The third kappa shape index (κ3) is 1.65. The van der Waals surface area contributed by atoms with E-state index in [1.807, 2.05) is 0 Å². The van der Waals surface area contributed by atoms with Gasteiger partial charge in [0.25, 0.3) is 0 Å². The molecule has 1 aromatic heterocycles. The van der Waals surface area contributed by atoms with Crippen molar-refractivity contribution in [3.63, 3.8) is 0 Å². The molecule has 0 bridgehead atoms. The van der Waals surface area contributed by atoms with Crippen molar-refractivity contribution >= 4 is 35.1 Å². The molecule has 0 saturated heterocycles. The first-order chi connectivity index (χ1) is 9.83. The normalized spacial score (nSPS) is 11.2. The summed E-state index contributed by atoms with van der Waals surface area (Å²) in [5, 5.41) is 2.58. The molecule has 2 heteroatoms. The number of aromatic nitrogens is 1. The number of H-pyrrole nitrogens is 1. The van der Waals surface area contributed by atoms with Crippen molar-refractivity contribution in [1.29, 1.82) is 0 Å². The molecular formula is C18H14BN. The van der Waals surface area contributed by atoms with Gasteiger partial charge < -0.3 is 4.98 Å². The fraction of sp³-hybridized carbons (Fsp3) is 0. The maximum absolute atomic E-state index is 3.56. The Hall–Kier alpha value is -2.48. The van der Waals surface area contributed by atoms with Crippen LogP contribution in [0.2, 0.25) is 0 Å². The van der Waals surface area contributed by atoms with E-state index in [1.165, 1.54) is 38.4 Å². The highest BCUT2D eigenvalue weighted by molar-refractivity contribution is 6.32. The number of para-hydroxylation sites is 2. The van der Waals surface area contributed by atoms with E-state index in [9.17, 15) is 0 Å². The molecule has 4 aromatic rings. The Labute approximate surface area is 118 Å². The van der Waals surface area contributed by atoms with Crippen molar-refractivity contribution in [3.05, 3.63) is 66.7 Å². The number of rotatable bonds is 1. The van der Waals surface area contributed by atoms with Crippen LogP contribution in [0.3, 0.4) is 0 Å². The zero-order valence-electron chi connectivity index (χ0n) is 11.4. The van der Waals surface area contributed by atoms with Crippen molar-refractivity contribution in [2.24, 2.45) is 0 Å². The minimum atomic E-state index is 1.20. The molecule has 0 aliphatic carbocycles. The molecule has 0 fully saturated rings. The fourth-order valence-electron chi connectivity index (χ4n) is 2.85. The monoisotopic (exact) mass is 255 g/mol. The summed E-state index contributed by atoms with van der Waals surface area (Å²) in [6, 6.07) is 23.7. The summed E-state index contributed by atoms with van der Waals surface area (Å²) in [4.78, 5) is 3.56. The molecule has 1 heterocycles.